The Morgan fingerprint density at radius 2 is 2.50 bits per heavy atom. The van der Waals surface area contributed by atoms with E-state index in [2.05, 4.69) is 15.3 Å². The third kappa shape index (κ3) is 1.49. The first-order valence-corrected chi connectivity index (χ1v) is 4.09. The molecule has 0 bridgehead atoms. The fraction of sp³-hybridized carbons (Fsp3) is 0.429. The number of nitrogens with zero attached hydrogens (tertiary/aromatic N) is 2. The number of fused-ring (bicyclic) bond motifs is 1. The van der Waals surface area contributed by atoms with E-state index in [1.807, 2.05) is 0 Å². The zero-order valence-corrected chi connectivity index (χ0v) is 7.14. The Bertz CT molecular complexity index is 292. The standard InChI is InChI=1S/C7H8ClN3O/c8-7-10-4-5-3-9-1-2-12-6(5)11-7/h4,9H,1-3H2. The molecule has 4 nitrogen and oxygen atoms in total. The van der Waals surface area contributed by atoms with Crippen LogP contribution in [0.1, 0.15) is 5.56 Å². The molecule has 1 aliphatic rings. The summed E-state index contributed by atoms with van der Waals surface area (Å²) >= 11 is 5.61. The van der Waals surface area contributed by atoms with Gasteiger partial charge >= 0.3 is 0 Å². The van der Waals surface area contributed by atoms with Gasteiger partial charge in [0.05, 0.1) is 0 Å². The predicted octanol–water partition coefficient (Wildman–Crippen LogP) is 0.612. The highest BCUT2D eigenvalue weighted by atomic mass is 35.5. The quantitative estimate of drug-likeness (QED) is 0.602. The maximum absolute atomic E-state index is 5.61. The van der Waals surface area contributed by atoms with Gasteiger partial charge in [0.2, 0.25) is 11.2 Å². The maximum Gasteiger partial charge on any atom is 0.225 e. The third-order valence-electron chi connectivity index (χ3n) is 1.63. The minimum Gasteiger partial charge on any atom is -0.476 e. The van der Waals surface area contributed by atoms with Crippen molar-refractivity contribution in [2.45, 2.75) is 6.54 Å². The molecule has 0 amide bonds. The number of hydrogen-bond acceptors (Lipinski definition) is 4. The summed E-state index contributed by atoms with van der Waals surface area (Å²) in [6.07, 6.45) is 1.68. The second kappa shape index (κ2) is 3.25. The molecule has 0 saturated carbocycles. The molecule has 1 aromatic rings. The Morgan fingerprint density at radius 1 is 1.58 bits per heavy atom. The molecule has 0 radical (unpaired) electrons. The fourth-order valence-corrected chi connectivity index (χ4v) is 1.19. The molecule has 5 heteroatoms. The summed E-state index contributed by atoms with van der Waals surface area (Å²) in [4.78, 5) is 7.83. The van der Waals surface area contributed by atoms with E-state index in [-0.39, 0.29) is 5.28 Å². The first kappa shape index (κ1) is 7.76. The molecule has 0 atom stereocenters. The Hall–Kier alpha value is -0.870. The summed E-state index contributed by atoms with van der Waals surface area (Å²) < 4.78 is 5.33. The van der Waals surface area contributed by atoms with Gasteiger partial charge < -0.3 is 10.1 Å². The number of nitrogens with one attached hydrogen (secondary N) is 1. The van der Waals surface area contributed by atoms with Crippen molar-refractivity contribution in [1.82, 2.24) is 15.3 Å². The summed E-state index contributed by atoms with van der Waals surface area (Å²) in [6, 6.07) is 0. The van der Waals surface area contributed by atoms with E-state index in [9.17, 15) is 0 Å². The summed E-state index contributed by atoms with van der Waals surface area (Å²) in [5, 5.41) is 3.41. The smallest absolute Gasteiger partial charge is 0.225 e. The molecular weight excluding hydrogens is 178 g/mol. The van der Waals surface area contributed by atoms with Crippen LogP contribution >= 0.6 is 11.6 Å². The molecular formula is C7H8ClN3O. The average molecular weight is 186 g/mol. The SMILES string of the molecule is Clc1ncc2c(n1)OCCNC2. The molecule has 1 N–H and O–H groups in total. The Morgan fingerprint density at radius 3 is 3.42 bits per heavy atom. The Labute approximate surface area is 74.9 Å². The normalized spacial score (nSPS) is 16.1. The predicted molar refractivity (Wildman–Crippen MR) is 44.2 cm³/mol. The third-order valence-corrected chi connectivity index (χ3v) is 1.81. The van der Waals surface area contributed by atoms with Crippen molar-refractivity contribution in [1.29, 1.82) is 0 Å². The lowest BCUT2D eigenvalue weighted by Crippen LogP contribution is -2.16. The average Bonchev–Trinajstić information content (AvgIpc) is 2.28. The van der Waals surface area contributed by atoms with E-state index in [1.165, 1.54) is 0 Å². The highest BCUT2D eigenvalue weighted by Gasteiger charge is 2.10. The van der Waals surface area contributed by atoms with Gasteiger partial charge in [0, 0.05) is 24.8 Å². The van der Waals surface area contributed by atoms with Gasteiger partial charge in [-0.3, -0.25) is 0 Å². The summed E-state index contributed by atoms with van der Waals surface area (Å²) in [6.45, 7) is 2.20. The fourth-order valence-electron chi connectivity index (χ4n) is 1.06. The van der Waals surface area contributed by atoms with E-state index in [0.29, 0.717) is 12.5 Å². The van der Waals surface area contributed by atoms with E-state index in [0.717, 1.165) is 18.7 Å². The van der Waals surface area contributed by atoms with Crippen LogP contribution in [0.2, 0.25) is 5.28 Å². The summed E-state index contributed by atoms with van der Waals surface area (Å²) in [7, 11) is 0. The first-order valence-electron chi connectivity index (χ1n) is 3.71. The van der Waals surface area contributed by atoms with Gasteiger partial charge in [-0.05, 0) is 11.6 Å². The molecule has 0 saturated heterocycles. The molecule has 1 aromatic heterocycles. The second-order valence-electron chi connectivity index (χ2n) is 2.49. The highest BCUT2D eigenvalue weighted by molar-refractivity contribution is 6.28. The van der Waals surface area contributed by atoms with Crippen LogP contribution in [0, 0.1) is 0 Å². The van der Waals surface area contributed by atoms with Gasteiger partial charge in [-0.25, -0.2) is 4.98 Å². The van der Waals surface area contributed by atoms with Crippen molar-refractivity contribution >= 4 is 11.6 Å². The number of aromatic nitrogens is 2. The lowest BCUT2D eigenvalue weighted by atomic mass is 10.3. The minimum absolute atomic E-state index is 0.232. The van der Waals surface area contributed by atoms with Gasteiger partial charge in [0.1, 0.15) is 6.61 Å². The Balaban J connectivity index is 2.36. The van der Waals surface area contributed by atoms with Gasteiger partial charge in [0.15, 0.2) is 0 Å². The van der Waals surface area contributed by atoms with E-state index < -0.39 is 0 Å². The Kier molecular flexibility index (Phi) is 2.10. The molecule has 64 valence electrons. The van der Waals surface area contributed by atoms with Crippen LogP contribution in [0.4, 0.5) is 0 Å². The number of ether oxygens (including phenoxy) is 1. The van der Waals surface area contributed by atoms with Crippen molar-refractivity contribution < 1.29 is 4.74 Å². The second-order valence-corrected chi connectivity index (χ2v) is 2.83. The van der Waals surface area contributed by atoms with Gasteiger partial charge in [-0.2, -0.15) is 4.98 Å². The zero-order chi connectivity index (χ0) is 8.39. The van der Waals surface area contributed by atoms with Crippen molar-refractivity contribution in [2.24, 2.45) is 0 Å². The van der Waals surface area contributed by atoms with E-state index in [4.69, 9.17) is 16.3 Å². The van der Waals surface area contributed by atoms with Crippen LogP contribution in [0.15, 0.2) is 6.20 Å². The molecule has 2 rings (SSSR count). The molecule has 0 aromatic carbocycles. The van der Waals surface area contributed by atoms with Crippen LogP contribution in [-0.4, -0.2) is 23.1 Å². The van der Waals surface area contributed by atoms with E-state index in [1.54, 1.807) is 6.20 Å². The van der Waals surface area contributed by atoms with Gasteiger partial charge in [-0.1, -0.05) is 0 Å². The number of rotatable bonds is 0. The summed E-state index contributed by atoms with van der Waals surface area (Å²) in [5.74, 6) is 0.597. The topological polar surface area (TPSA) is 47.0 Å². The highest BCUT2D eigenvalue weighted by Crippen LogP contribution is 2.17. The van der Waals surface area contributed by atoms with Crippen LogP contribution in [-0.2, 0) is 6.54 Å². The molecule has 0 fully saturated rings. The van der Waals surface area contributed by atoms with Crippen LogP contribution in [0.5, 0.6) is 5.88 Å². The van der Waals surface area contributed by atoms with Gasteiger partial charge in [0.25, 0.3) is 0 Å². The lowest BCUT2D eigenvalue weighted by molar-refractivity contribution is 0.313. The maximum atomic E-state index is 5.61. The number of halogens is 1. The molecule has 1 aliphatic heterocycles. The largest absolute Gasteiger partial charge is 0.476 e. The van der Waals surface area contributed by atoms with Gasteiger partial charge in [-0.15, -0.1) is 0 Å². The summed E-state index contributed by atoms with van der Waals surface area (Å²) in [5.41, 5.74) is 0.955. The van der Waals surface area contributed by atoms with Crippen molar-refractivity contribution in [3.8, 4) is 5.88 Å². The molecule has 2 heterocycles. The van der Waals surface area contributed by atoms with Crippen molar-refractivity contribution in [3.05, 3.63) is 17.0 Å². The van der Waals surface area contributed by atoms with E-state index >= 15 is 0 Å². The lowest BCUT2D eigenvalue weighted by Gasteiger charge is -2.03. The molecule has 0 aliphatic carbocycles. The first-order chi connectivity index (χ1) is 5.86. The molecule has 12 heavy (non-hydrogen) atoms. The molecule has 0 unspecified atom stereocenters. The van der Waals surface area contributed by atoms with Crippen LogP contribution < -0.4 is 10.1 Å². The van der Waals surface area contributed by atoms with Crippen LogP contribution in [0.25, 0.3) is 0 Å². The zero-order valence-electron chi connectivity index (χ0n) is 6.38. The van der Waals surface area contributed by atoms with Crippen LogP contribution in [0.3, 0.4) is 0 Å². The monoisotopic (exact) mass is 185 g/mol. The molecule has 0 spiro atoms. The van der Waals surface area contributed by atoms with Crippen molar-refractivity contribution in [2.75, 3.05) is 13.2 Å². The number of hydrogen-bond donors (Lipinski definition) is 1. The minimum atomic E-state index is 0.232. The van der Waals surface area contributed by atoms with Crippen molar-refractivity contribution in [3.63, 3.8) is 0 Å².